The molecule has 120 valence electrons. The number of thioether (sulfide) groups is 1. The highest BCUT2D eigenvalue weighted by Gasteiger charge is 2.21. The summed E-state index contributed by atoms with van der Waals surface area (Å²) in [6, 6.07) is 9.59. The van der Waals surface area contributed by atoms with Gasteiger partial charge >= 0.3 is 0 Å². The number of rotatable bonds is 6. The van der Waals surface area contributed by atoms with E-state index < -0.39 is 0 Å². The highest BCUT2D eigenvalue weighted by atomic mass is 32.2. The van der Waals surface area contributed by atoms with Crippen molar-refractivity contribution in [2.45, 2.75) is 24.9 Å². The van der Waals surface area contributed by atoms with Gasteiger partial charge in [0.2, 0.25) is 5.91 Å². The SMILES string of the molecule is Cc1c(-c2ccccc2)nc(SCC(=O)NCC2CC2)[nH]c1=O. The summed E-state index contributed by atoms with van der Waals surface area (Å²) in [6.45, 7) is 2.51. The molecule has 1 aromatic carbocycles. The van der Waals surface area contributed by atoms with Crippen molar-refractivity contribution in [3.8, 4) is 11.3 Å². The van der Waals surface area contributed by atoms with Gasteiger partial charge in [-0.05, 0) is 25.7 Å². The first-order chi connectivity index (χ1) is 11.1. The maximum absolute atomic E-state index is 12.1. The van der Waals surface area contributed by atoms with Gasteiger partial charge in [-0.15, -0.1) is 0 Å². The Hall–Kier alpha value is -2.08. The molecule has 1 heterocycles. The molecule has 5 nitrogen and oxygen atoms in total. The molecule has 1 aliphatic rings. The van der Waals surface area contributed by atoms with Crippen molar-refractivity contribution in [1.29, 1.82) is 0 Å². The van der Waals surface area contributed by atoms with E-state index >= 15 is 0 Å². The number of hydrogen-bond donors (Lipinski definition) is 2. The number of aromatic amines is 1. The third-order valence-electron chi connectivity index (χ3n) is 3.80. The van der Waals surface area contributed by atoms with Gasteiger partial charge in [-0.3, -0.25) is 9.59 Å². The third kappa shape index (κ3) is 4.22. The lowest BCUT2D eigenvalue weighted by molar-refractivity contribution is -0.118. The molecule has 0 aliphatic heterocycles. The van der Waals surface area contributed by atoms with Crippen molar-refractivity contribution >= 4 is 17.7 Å². The molecule has 1 amide bonds. The van der Waals surface area contributed by atoms with Gasteiger partial charge in [-0.1, -0.05) is 42.1 Å². The van der Waals surface area contributed by atoms with E-state index in [1.165, 1.54) is 24.6 Å². The van der Waals surface area contributed by atoms with Crippen LogP contribution in [0.15, 0.2) is 40.3 Å². The fourth-order valence-corrected chi connectivity index (χ4v) is 2.91. The standard InChI is InChI=1S/C17H19N3O2S/c1-11-15(13-5-3-2-4-6-13)19-17(20-16(11)22)23-10-14(21)18-9-12-7-8-12/h2-6,12H,7-10H2,1H3,(H,18,21)(H,19,20,22). The van der Waals surface area contributed by atoms with Gasteiger partial charge in [0.05, 0.1) is 11.4 Å². The monoisotopic (exact) mass is 329 g/mol. The fraction of sp³-hybridized carbons (Fsp3) is 0.353. The minimum Gasteiger partial charge on any atom is -0.355 e. The van der Waals surface area contributed by atoms with Crippen LogP contribution in [-0.4, -0.2) is 28.2 Å². The van der Waals surface area contributed by atoms with E-state index in [-0.39, 0.29) is 17.2 Å². The summed E-state index contributed by atoms with van der Waals surface area (Å²) < 4.78 is 0. The quantitative estimate of drug-likeness (QED) is 0.630. The second-order valence-corrected chi connectivity index (χ2v) is 6.71. The summed E-state index contributed by atoms with van der Waals surface area (Å²) in [7, 11) is 0. The molecule has 1 saturated carbocycles. The van der Waals surface area contributed by atoms with Crippen molar-refractivity contribution in [1.82, 2.24) is 15.3 Å². The van der Waals surface area contributed by atoms with E-state index in [1.807, 2.05) is 30.3 Å². The normalized spacial score (nSPS) is 13.8. The zero-order chi connectivity index (χ0) is 16.2. The lowest BCUT2D eigenvalue weighted by Gasteiger charge is -2.08. The Balaban J connectivity index is 1.71. The molecule has 2 N–H and O–H groups in total. The predicted octanol–water partition coefficient (Wildman–Crippen LogP) is 2.36. The lowest BCUT2D eigenvalue weighted by atomic mass is 10.1. The van der Waals surface area contributed by atoms with Crippen LogP contribution in [0, 0.1) is 12.8 Å². The van der Waals surface area contributed by atoms with Crippen LogP contribution in [0.1, 0.15) is 18.4 Å². The van der Waals surface area contributed by atoms with E-state index in [0.29, 0.717) is 22.3 Å². The highest BCUT2D eigenvalue weighted by Crippen LogP contribution is 2.27. The summed E-state index contributed by atoms with van der Waals surface area (Å²) in [5, 5.41) is 3.38. The van der Waals surface area contributed by atoms with E-state index in [2.05, 4.69) is 15.3 Å². The number of amides is 1. The number of H-pyrrole nitrogens is 1. The first kappa shape index (κ1) is 15.8. The van der Waals surface area contributed by atoms with Crippen LogP contribution >= 0.6 is 11.8 Å². The maximum Gasteiger partial charge on any atom is 0.255 e. The Morgan fingerprint density at radius 1 is 1.35 bits per heavy atom. The minimum atomic E-state index is -0.167. The molecule has 2 aromatic rings. The molecule has 1 aromatic heterocycles. The molecule has 6 heteroatoms. The average molecular weight is 329 g/mol. The lowest BCUT2D eigenvalue weighted by Crippen LogP contribution is -2.27. The summed E-state index contributed by atoms with van der Waals surface area (Å²) in [6.07, 6.45) is 2.42. The van der Waals surface area contributed by atoms with Gasteiger partial charge in [-0.25, -0.2) is 4.98 Å². The fourth-order valence-electron chi connectivity index (χ4n) is 2.22. The van der Waals surface area contributed by atoms with Gasteiger partial charge in [0.1, 0.15) is 0 Å². The van der Waals surface area contributed by atoms with Crippen molar-refractivity contribution in [3.63, 3.8) is 0 Å². The maximum atomic E-state index is 12.1. The van der Waals surface area contributed by atoms with Gasteiger partial charge < -0.3 is 10.3 Å². The van der Waals surface area contributed by atoms with Crippen molar-refractivity contribution < 1.29 is 4.79 Å². The summed E-state index contributed by atoms with van der Waals surface area (Å²) in [5.74, 6) is 0.893. The molecular weight excluding hydrogens is 310 g/mol. The van der Waals surface area contributed by atoms with Crippen LogP contribution in [0.4, 0.5) is 0 Å². The molecule has 0 radical (unpaired) electrons. The van der Waals surface area contributed by atoms with Gasteiger partial charge in [0.25, 0.3) is 5.56 Å². The average Bonchev–Trinajstić information content (AvgIpc) is 3.39. The Bertz CT molecular complexity index is 754. The van der Waals surface area contributed by atoms with Crippen LogP contribution in [0.3, 0.4) is 0 Å². The summed E-state index contributed by atoms with van der Waals surface area (Å²) in [5.41, 5.74) is 1.98. The zero-order valence-electron chi connectivity index (χ0n) is 13.0. The smallest absolute Gasteiger partial charge is 0.255 e. The second kappa shape index (κ2) is 7.00. The Kier molecular flexibility index (Phi) is 4.81. The zero-order valence-corrected chi connectivity index (χ0v) is 13.8. The van der Waals surface area contributed by atoms with Crippen molar-refractivity contribution in [2.75, 3.05) is 12.3 Å². The molecule has 0 unspecified atom stereocenters. The van der Waals surface area contributed by atoms with Crippen LogP contribution in [-0.2, 0) is 4.79 Å². The molecule has 0 atom stereocenters. The van der Waals surface area contributed by atoms with E-state index in [0.717, 1.165) is 12.1 Å². The first-order valence-corrected chi connectivity index (χ1v) is 8.68. The molecule has 1 fully saturated rings. The Labute approximate surface area is 138 Å². The van der Waals surface area contributed by atoms with Crippen LogP contribution < -0.4 is 10.9 Å². The number of hydrogen-bond acceptors (Lipinski definition) is 4. The molecule has 0 spiro atoms. The number of benzene rings is 1. The Morgan fingerprint density at radius 2 is 2.09 bits per heavy atom. The van der Waals surface area contributed by atoms with Gasteiger partial charge in [0, 0.05) is 17.7 Å². The highest BCUT2D eigenvalue weighted by molar-refractivity contribution is 7.99. The first-order valence-electron chi connectivity index (χ1n) is 7.69. The van der Waals surface area contributed by atoms with Crippen LogP contribution in [0.2, 0.25) is 0 Å². The van der Waals surface area contributed by atoms with Gasteiger partial charge in [-0.2, -0.15) is 0 Å². The van der Waals surface area contributed by atoms with E-state index in [4.69, 9.17) is 0 Å². The van der Waals surface area contributed by atoms with E-state index in [1.54, 1.807) is 6.92 Å². The minimum absolute atomic E-state index is 0.0219. The second-order valence-electron chi connectivity index (χ2n) is 5.75. The number of aromatic nitrogens is 2. The summed E-state index contributed by atoms with van der Waals surface area (Å²) in [4.78, 5) is 31.1. The molecular formula is C17H19N3O2S. The van der Waals surface area contributed by atoms with Gasteiger partial charge in [0.15, 0.2) is 5.16 Å². The third-order valence-corrected chi connectivity index (χ3v) is 4.67. The molecule has 0 saturated heterocycles. The number of carbonyl (C=O) groups excluding carboxylic acids is 1. The molecule has 0 bridgehead atoms. The number of nitrogens with zero attached hydrogens (tertiary/aromatic N) is 1. The largest absolute Gasteiger partial charge is 0.355 e. The van der Waals surface area contributed by atoms with Crippen LogP contribution in [0.5, 0.6) is 0 Å². The number of nitrogens with one attached hydrogen (secondary N) is 2. The van der Waals surface area contributed by atoms with Crippen molar-refractivity contribution in [2.24, 2.45) is 5.92 Å². The predicted molar refractivity (Wildman–Crippen MR) is 91.5 cm³/mol. The van der Waals surface area contributed by atoms with Crippen molar-refractivity contribution in [3.05, 3.63) is 46.2 Å². The number of carbonyl (C=O) groups is 1. The summed E-state index contributed by atoms with van der Waals surface area (Å²) >= 11 is 1.25. The van der Waals surface area contributed by atoms with Crippen LogP contribution in [0.25, 0.3) is 11.3 Å². The topological polar surface area (TPSA) is 74.8 Å². The molecule has 23 heavy (non-hydrogen) atoms. The Morgan fingerprint density at radius 3 is 2.78 bits per heavy atom. The molecule has 1 aliphatic carbocycles. The molecule has 3 rings (SSSR count). The van der Waals surface area contributed by atoms with E-state index in [9.17, 15) is 9.59 Å².